The van der Waals surface area contributed by atoms with E-state index in [2.05, 4.69) is 9.46 Å². The van der Waals surface area contributed by atoms with Crippen molar-refractivity contribution in [3.05, 3.63) is 24.3 Å². The van der Waals surface area contributed by atoms with Crippen molar-refractivity contribution >= 4 is 21.7 Å². The van der Waals surface area contributed by atoms with Gasteiger partial charge in [-0.1, -0.05) is 6.92 Å². The van der Waals surface area contributed by atoms with E-state index in [1.54, 1.807) is 24.3 Å². The number of rotatable bonds is 8. The smallest absolute Gasteiger partial charge is 0.307 e. The van der Waals surface area contributed by atoms with Crippen LogP contribution in [0.15, 0.2) is 29.2 Å². The lowest BCUT2D eigenvalue weighted by atomic mass is 10.3. The third-order valence-corrected chi connectivity index (χ3v) is 4.49. The van der Waals surface area contributed by atoms with Gasteiger partial charge in [-0.3, -0.25) is 4.79 Å². The second-order valence-electron chi connectivity index (χ2n) is 4.64. The minimum atomic E-state index is -3.44. The highest BCUT2D eigenvalue weighted by molar-refractivity contribution is 7.89. The molecule has 7 heteroatoms. The molecule has 0 amide bonds. The molecule has 0 fully saturated rings. The molecule has 0 aliphatic carbocycles. The normalized spacial score (nSPS) is 11.2. The van der Waals surface area contributed by atoms with E-state index in [9.17, 15) is 13.2 Å². The molecule has 0 radical (unpaired) electrons. The highest BCUT2D eigenvalue weighted by atomic mass is 32.2. The Bertz CT molecular complexity index is 555. The van der Waals surface area contributed by atoms with Gasteiger partial charge < -0.3 is 9.64 Å². The maximum absolute atomic E-state index is 11.9. The summed E-state index contributed by atoms with van der Waals surface area (Å²) >= 11 is 0. The maximum Gasteiger partial charge on any atom is 0.307 e. The predicted octanol–water partition coefficient (Wildman–Crippen LogP) is 1.37. The zero-order chi connectivity index (χ0) is 15.9. The molecule has 0 bridgehead atoms. The van der Waals surface area contributed by atoms with E-state index in [4.69, 9.17) is 0 Å². The number of hydrogen-bond donors (Lipinski definition) is 1. The minimum Gasteiger partial charge on any atom is -0.469 e. The first-order valence-corrected chi connectivity index (χ1v) is 8.26. The predicted molar refractivity (Wildman–Crippen MR) is 81.8 cm³/mol. The Hall–Kier alpha value is -1.60. The molecular weight excluding hydrogens is 292 g/mol. The number of carbonyl (C=O) groups excluding carboxylic acids is 1. The molecule has 0 unspecified atom stereocenters. The number of nitrogens with one attached hydrogen (secondary N) is 1. The van der Waals surface area contributed by atoms with Crippen LogP contribution >= 0.6 is 0 Å². The standard InChI is InChI=1S/C14H22N2O4S/c1-4-10-15-21(18,19)13-7-5-12(6-8-13)16(2)11-9-14(17)20-3/h5-8,15H,4,9-11H2,1-3H3. The number of carbonyl (C=O) groups is 1. The number of ether oxygens (including phenoxy) is 1. The Labute approximate surface area is 126 Å². The maximum atomic E-state index is 11.9. The zero-order valence-corrected chi connectivity index (χ0v) is 13.4. The molecule has 118 valence electrons. The van der Waals surface area contributed by atoms with Gasteiger partial charge in [-0.2, -0.15) is 0 Å². The molecule has 0 aliphatic rings. The lowest BCUT2D eigenvalue weighted by molar-refractivity contribution is -0.140. The summed E-state index contributed by atoms with van der Waals surface area (Å²) in [6.45, 7) is 2.83. The molecule has 0 atom stereocenters. The molecule has 1 aromatic carbocycles. The first-order valence-electron chi connectivity index (χ1n) is 6.78. The number of sulfonamides is 1. The highest BCUT2D eigenvalue weighted by Gasteiger charge is 2.13. The Kier molecular flexibility index (Phi) is 6.64. The van der Waals surface area contributed by atoms with Crippen LogP contribution in [0.1, 0.15) is 19.8 Å². The van der Waals surface area contributed by atoms with Gasteiger partial charge in [0.25, 0.3) is 0 Å². The summed E-state index contributed by atoms with van der Waals surface area (Å²) in [7, 11) is -0.250. The third-order valence-electron chi connectivity index (χ3n) is 3.01. The van der Waals surface area contributed by atoms with E-state index < -0.39 is 10.0 Å². The van der Waals surface area contributed by atoms with E-state index in [1.165, 1.54) is 7.11 Å². The number of benzene rings is 1. The molecule has 1 N–H and O–H groups in total. The fourth-order valence-corrected chi connectivity index (χ4v) is 2.82. The van der Waals surface area contributed by atoms with Gasteiger partial charge in [-0.25, -0.2) is 13.1 Å². The van der Waals surface area contributed by atoms with Gasteiger partial charge in [0.1, 0.15) is 0 Å². The summed E-state index contributed by atoms with van der Waals surface area (Å²) in [5.41, 5.74) is 0.841. The minimum absolute atomic E-state index is 0.237. The SMILES string of the molecule is CCCNS(=O)(=O)c1ccc(N(C)CCC(=O)OC)cc1. The van der Waals surface area contributed by atoms with E-state index in [0.29, 0.717) is 13.1 Å². The van der Waals surface area contributed by atoms with Crippen LogP contribution in [-0.4, -0.2) is 41.6 Å². The third kappa shape index (κ3) is 5.35. The average Bonchev–Trinajstić information content (AvgIpc) is 2.50. The van der Waals surface area contributed by atoms with Crippen molar-refractivity contribution in [3.63, 3.8) is 0 Å². The second kappa shape index (κ2) is 7.99. The summed E-state index contributed by atoms with van der Waals surface area (Å²) in [6.07, 6.45) is 1.03. The number of methoxy groups -OCH3 is 1. The van der Waals surface area contributed by atoms with Crippen LogP contribution in [0, 0.1) is 0 Å². The van der Waals surface area contributed by atoms with E-state index in [-0.39, 0.29) is 17.3 Å². The lowest BCUT2D eigenvalue weighted by Gasteiger charge is -2.19. The molecular formula is C14H22N2O4S. The van der Waals surface area contributed by atoms with Crippen LogP contribution in [0.4, 0.5) is 5.69 Å². The van der Waals surface area contributed by atoms with Gasteiger partial charge in [0.2, 0.25) is 10.0 Å². The van der Waals surface area contributed by atoms with Gasteiger partial charge >= 0.3 is 5.97 Å². The van der Waals surface area contributed by atoms with Crippen LogP contribution in [0.3, 0.4) is 0 Å². The summed E-state index contributed by atoms with van der Waals surface area (Å²) in [5, 5.41) is 0. The van der Waals surface area contributed by atoms with Crippen LogP contribution in [0.5, 0.6) is 0 Å². The van der Waals surface area contributed by atoms with E-state index >= 15 is 0 Å². The van der Waals surface area contributed by atoms with Crippen LogP contribution < -0.4 is 9.62 Å². The van der Waals surface area contributed by atoms with Crippen LogP contribution in [0.25, 0.3) is 0 Å². The molecule has 0 spiro atoms. The Morgan fingerprint density at radius 2 is 1.90 bits per heavy atom. The quantitative estimate of drug-likeness (QED) is 0.734. The number of hydrogen-bond acceptors (Lipinski definition) is 5. The number of nitrogens with zero attached hydrogens (tertiary/aromatic N) is 1. The van der Waals surface area contributed by atoms with Gasteiger partial charge in [0, 0.05) is 25.8 Å². The Morgan fingerprint density at radius 3 is 2.43 bits per heavy atom. The molecule has 1 rings (SSSR count). The summed E-state index contributed by atoms with van der Waals surface area (Å²) in [5.74, 6) is -0.273. The molecule has 21 heavy (non-hydrogen) atoms. The first-order chi connectivity index (χ1) is 9.90. The topological polar surface area (TPSA) is 75.7 Å². The van der Waals surface area contributed by atoms with Crippen LogP contribution in [-0.2, 0) is 19.6 Å². The van der Waals surface area contributed by atoms with Crippen molar-refractivity contribution in [2.45, 2.75) is 24.7 Å². The summed E-state index contributed by atoms with van der Waals surface area (Å²) in [4.78, 5) is 13.2. The van der Waals surface area contributed by atoms with Gasteiger partial charge in [0.15, 0.2) is 0 Å². The molecule has 0 aliphatic heterocycles. The highest BCUT2D eigenvalue weighted by Crippen LogP contribution is 2.17. The zero-order valence-electron chi connectivity index (χ0n) is 12.6. The van der Waals surface area contributed by atoms with Crippen molar-refractivity contribution in [2.75, 3.05) is 32.1 Å². The van der Waals surface area contributed by atoms with E-state index in [0.717, 1.165) is 12.1 Å². The first kappa shape index (κ1) is 17.5. The molecule has 0 saturated carbocycles. The fraction of sp³-hybridized carbons (Fsp3) is 0.500. The van der Waals surface area contributed by atoms with Crippen molar-refractivity contribution in [3.8, 4) is 0 Å². The molecule has 1 aromatic rings. The van der Waals surface area contributed by atoms with Crippen molar-refractivity contribution in [2.24, 2.45) is 0 Å². The van der Waals surface area contributed by atoms with Crippen molar-refractivity contribution < 1.29 is 17.9 Å². The van der Waals surface area contributed by atoms with Gasteiger partial charge in [-0.05, 0) is 30.7 Å². The second-order valence-corrected chi connectivity index (χ2v) is 6.41. The molecule has 0 aromatic heterocycles. The van der Waals surface area contributed by atoms with Crippen molar-refractivity contribution in [1.29, 1.82) is 0 Å². The van der Waals surface area contributed by atoms with Crippen LogP contribution in [0.2, 0.25) is 0 Å². The lowest BCUT2D eigenvalue weighted by Crippen LogP contribution is -2.25. The molecule has 0 heterocycles. The largest absolute Gasteiger partial charge is 0.469 e. The molecule has 6 nitrogen and oxygen atoms in total. The van der Waals surface area contributed by atoms with Gasteiger partial charge in [-0.15, -0.1) is 0 Å². The fourth-order valence-electron chi connectivity index (χ4n) is 1.69. The number of anilines is 1. The van der Waals surface area contributed by atoms with Gasteiger partial charge in [0.05, 0.1) is 18.4 Å². The Balaban J connectivity index is 2.71. The summed E-state index contributed by atoms with van der Waals surface area (Å²) in [6, 6.07) is 6.56. The van der Waals surface area contributed by atoms with Crippen molar-refractivity contribution in [1.82, 2.24) is 4.72 Å². The molecule has 0 saturated heterocycles. The summed E-state index contributed by atoms with van der Waals surface area (Å²) < 4.78 is 31.0. The number of esters is 1. The Morgan fingerprint density at radius 1 is 1.29 bits per heavy atom. The van der Waals surface area contributed by atoms with E-state index in [1.807, 2.05) is 18.9 Å². The monoisotopic (exact) mass is 314 g/mol. The average molecular weight is 314 g/mol.